The normalized spacial score (nSPS) is 31.9. The van der Waals surface area contributed by atoms with Crippen LogP contribution in [0.3, 0.4) is 0 Å². The van der Waals surface area contributed by atoms with Gasteiger partial charge in [-0.1, -0.05) is 24.3 Å². The Bertz CT molecular complexity index is 862. The fourth-order valence-electron chi connectivity index (χ4n) is 4.95. The Morgan fingerprint density at radius 3 is 2.89 bits per heavy atom. The fourth-order valence-corrected chi connectivity index (χ4v) is 4.95. The van der Waals surface area contributed by atoms with Gasteiger partial charge in [0.1, 0.15) is 5.60 Å². The van der Waals surface area contributed by atoms with Crippen LogP contribution < -0.4 is 0 Å². The number of aliphatic hydroxyl groups is 1. The first-order valence-electron chi connectivity index (χ1n) is 9.62. The van der Waals surface area contributed by atoms with Crippen LogP contribution in [0.5, 0.6) is 0 Å². The monoisotopic (exact) mass is 382 g/mol. The maximum atomic E-state index is 12.4. The van der Waals surface area contributed by atoms with Gasteiger partial charge in [0.25, 0.3) is 0 Å². The van der Waals surface area contributed by atoms with E-state index in [1.165, 1.54) is 20.5 Å². The summed E-state index contributed by atoms with van der Waals surface area (Å²) in [5.41, 5.74) is 1.98. The minimum Gasteiger partial charge on any atom is -0.504 e. The van der Waals surface area contributed by atoms with Crippen molar-refractivity contribution >= 4 is 17.4 Å². The van der Waals surface area contributed by atoms with Gasteiger partial charge in [-0.25, -0.2) is 4.79 Å². The lowest BCUT2D eigenvalue weighted by Gasteiger charge is -2.49. The number of rotatable bonds is 4. The third kappa shape index (κ3) is 2.79. The number of aliphatic imine (C=N–C) groups is 1. The topological polar surface area (TPSA) is 71.4 Å². The summed E-state index contributed by atoms with van der Waals surface area (Å²) in [7, 11) is 2.90. The number of benzene rings is 1. The molecule has 0 aliphatic carbocycles. The van der Waals surface area contributed by atoms with Gasteiger partial charge in [0.2, 0.25) is 0 Å². The SMILES string of the molecule is C=C[C@H]1CN2CC[C@@]3(O)C(=Nc4ccccc43)[C@@H]2C[C@@H]1/C(=C\OC)C(=O)OC. The molecular formula is C22H26N2O4. The molecule has 6 heteroatoms. The van der Waals surface area contributed by atoms with Crippen molar-refractivity contribution in [3.63, 3.8) is 0 Å². The second kappa shape index (κ2) is 7.18. The number of methoxy groups -OCH3 is 2. The van der Waals surface area contributed by atoms with E-state index in [-0.39, 0.29) is 17.9 Å². The molecule has 0 amide bonds. The van der Waals surface area contributed by atoms with Crippen molar-refractivity contribution in [3.8, 4) is 0 Å². The Hall–Kier alpha value is -2.44. The fraction of sp³-hybridized carbons (Fsp3) is 0.455. The summed E-state index contributed by atoms with van der Waals surface area (Å²) >= 11 is 0. The molecule has 0 unspecified atom stereocenters. The quantitative estimate of drug-likeness (QED) is 0.375. The molecule has 3 aliphatic heterocycles. The summed E-state index contributed by atoms with van der Waals surface area (Å²) in [5.74, 6) is -0.415. The Balaban J connectivity index is 1.71. The standard InChI is InChI=1S/C22H26N2O4/c1-4-14-12-24-10-9-22(26)17-7-5-6-8-18(17)23-20(22)19(24)11-15(14)16(13-27-2)21(25)28-3/h4-8,13-15,19,26H,1,9-12H2,2-3H3/b16-13+/t14-,15-,19-,22-/m0/s1. The Labute approximate surface area is 165 Å². The summed E-state index contributed by atoms with van der Waals surface area (Å²) in [5, 5.41) is 11.5. The molecule has 0 spiro atoms. The van der Waals surface area contributed by atoms with E-state index in [1.54, 1.807) is 0 Å². The number of esters is 1. The zero-order valence-electron chi connectivity index (χ0n) is 16.3. The lowest BCUT2D eigenvalue weighted by molar-refractivity contribution is -0.137. The van der Waals surface area contributed by atoms with Crippen molar-refractivity contribution in [2.45, 2.75) is 24.5 Å². The minimum atomic E-state index is -1.03. The third-order valence-corrected chi connectivity index (χ3v) is 6.34. The van der Waals surface area contributed by atoms with Crippen LogP contribution >= 0.6 is 0 Å². The maximum Gasteiger partial charge on any atom is 0.337 e. The van der Waals surface area contributed by atoms with E-state index in [0.717, 1.165) is 30.1 Å². The van der Waals surface area contributed by atoms with Crippen molar-refractivity contribution in [3.05, 3.63) is 54.3 Å². The highest BCUT2D eigenvalue weighted by Gasteiger charge is 2.53. The predicted octanol–water partition coefficient (Wildman–Crippen LogP) is 2.56. The zero-order valence-corrected chi connectivity index (χ0v) is 16.3. The summed E-state index contributed by atoms with van der Waals surface area (Å²) in [4.78, 5) is 19.6. The molecular weight excluding hydrogens is 356 g/mol. The van der Waals surface area contributed by atoms with Crippen LogP contribution in [-0.2, 0) is 19.9 Å². The van der Waals surface area contributed by atoms with Crippen LogP contribution in [0.25, 0.3) is 0 Å². The predicted molar refractivity (Wildman–Crippen MR) is 106 cm³/mol. The third-order valence-electron chi connectivity index (χ3n) is 6.34. The number of piperidine rings is 2. The van der Waals surface area contributed by atoms with Crippen molar-refractivity contribution < 1.29 is 19.4 Å². The Morgan fingerprint density at radius 2 is 2.18 bits per heavy atom. The first kappa shape index (κ1) is 18.9. The number of fused-ring (bicyclic) bond motifs is 5. The number of ether oxygens (including phenoxy) is 2. The van der Waals surface area contributed by atoms with Gasteiger partial charge >= 0.3 is 5.97 Å². The summed E-state index contributed by atoms with van der Waals surface area (Å²) in [6.45, 7) is 5.51. The van der Waals surface area contributed by atoms with Gasteiger partial charge < -0.3 is 14.6 Å². The van der Waals surface area contributed by atoms with Crippen LogP contribution in [0.4, 0.5) is 5.69 Å². The molecule has 6 nitrogen and oxygen atoms in total. The Morgan fingerprint density at radius 1 is 1.39 bits per heavy atom. The van der Waals surface area contributed by atoms with E-state index in [9.17, 15) is 9.90 Å². The van der Waals surface area contributed by atoms with Crippen LogP contribution in [0.2, 0.25) is 0 Å². The molecule has 1 aromatic rings. The van der Waals surface area contributed by atoms with Gasteiger partial charge in [-0.05, 0) is 24.8 Å². The minimum absolute atomic E-state index is 0.0442. The summed E-state index contributed by atoms with van der Waals surface area (Å²) < 4.78 is 10.2. The van der Waals surface area contributed by atoms with E-state index < -0.39 is 11.6 Å². The number of hydrogen-bond acceptors (Lipinski definition) is 6. The molecule has 4 atom stereocenters. The molecule has 0 aromatic heterocycles. The average Bonchev–Trinajstić information content (AvgIpc) is 3.03. The van der Waals surface area contributed by atoms with Gasteiger partial charge in [0, 0.05) is 24.6 Å². The van der Waals surface area contributed by atoms with Crippen molar-refractivity contribution in [2.24, 2.45) is 16.8 Å². The molecule has 1 aromatic carbocycles. The first-order valence-corrected chi connectivity index (χ1v) is 9.62. The van der Waals surface area contributed by atoms with Crippen molar-refractivity contribution in [2.75, 3.05) is 27.3 Å². The van der Waals surface area contributed by atoms with Crippen LogP contribution in [-0.4, -0.2) is 55.0 Å². The number of hydrogen-bond donors (Lipinski definition) is 1. The number of nitrogens with zero attached hydrogens (tertiary/aromatic N) is 2. The first-order chi connectivity index (χ1) is 13.5. The van der Waals surface area contributed by atoms with Crippen molar-refractivity contribution in [1.29, 1.82) is 0 Å². The smallest absolute Gasteiger partial charge is 0.337 e. The number of carbonyl (C=O) groups is 1. The van der Waals surface area contributed by atoms with Crippen LogP contribution in [0.1, 0.15) is 18.4 Å². The second-order valence-corrected chi connectivity index (χ2v) is 7.68. The molecule has 0 radical (unpaired) electrons. The second-order valence-electron chi connectivity index (χ2n) is 7.68. The number of para-hydroxylation sites is 1. The lowest BCUT2D eigenvalue weighted by Crippen LogP contribution is -2.60. The summed E-state index contributed by atoms with van der Waals surface area (Å²) in [6.07, 6.45) is 4.64. The van der Waals surface area contributed by atoms with E-state index in [2.05, 4.69) is 11.5 Å². The van der Waals surface area contributed by atoms with E-state index in [4.69, 9.17) is 14.5 Å². The van der Waals surface area contributed by atoms with E-state index in [1.807, 2.05) is 30.3 Å². The molecule has 0 bridgehead atoms. The largest absolute Gasteiger partial charge is 0.504 e. The average molecular weight is 382 g/mol. The zero-order chi connectivity index (χ0) is 19.9. The van der Waals surface area contributed by atoms with E-state index >= 15 is 0 Å². The molecule has 28 heavy (non-hydrogen) atoms. The molecule has 2 saturated heterocycles. The Kier molecular flexibility index (Phi) is 4.85. The van der Waals surface area contributed by atoms with Gasteiger partial charge in [-0.3, -0.25) is 9.89 Å². The van der Waals surface area contributed by atoms with Gasteiger partial charge in [-0.15, -0.1) is 6.58 Å². The number of carbonyl (C=O) groups excluding carboxylic acids is 1. The molecule has 1 N–H and O–H groups in total. The molecule has 3 aliphatic rings. The molecule has 148 valence electrons. The van der Waals surface area contributed by atoms with Gasteiger partial charge in [0.15, 0.2) is 0 Å². The maximum absolute atomic E-state index is 12.4. The highest BCUT2D eigenvalue weighted by Crippen LogP contribution is 2.48. The molecule has 2 fully saturated rings. The van der Waals surface area contributed by atoms with Crippen LogP contribution in [0, 0.1) is 11.8 Å². The molecule has 4 rings (SSSR count). The van der Waals surface area contributed by atoms with Gasteiger partial charge in [-0.2, -0.15) is 0 Å². The van der Waals surface area contributed by atoms with Crippen molar-refractivity contribution in [1.82, 2.24) is 4.90 Å². The summed E-state index contributed by atoms with van der Waals surface area (Å²) in [6, 6.07) is 7.74. The highest BCUT2D eigenvalue weighted by atomic mass is 16.5. The van der Waals surface area contributed by atoms with Crippen LogP contribution in [0.15, 0.2) is 53.7 Å². The van der Waals surface area contributed by atoms with E-state index in [0.29, 0.717) is 18.4 Å². The molecule has 3 heterocycles. The highest BCUT2D eigenvalue weighted by molar-refractivity contribution is 6.04. The van der Waals surface area contributed by atoms with Gasteiger partial charge in [0.05, 0.1) is 43.5 Å². The molecule has 0 saturated carbocycles. The lowest BCUT2D eigenvalue weighted by atomic mass is 9.71.